The molecule has 0 aliphatic carbocycles. The minimum Gasteiger partial charge on any atom is -0.438 e. The van der Waals surface area contributed by atoms with Gasteiger partial charge in [0.15, 0.2) is 0 Å². The molecule has 80 valence electrons. The zero-order valence-corrected chi connectivity index (χ0v) is 9.28. The second kappa shape index (κ2) is 4.72. The van der Waals surface area contributed by atoms with Crippen LogP contribution in [0.3, 0.4) is 0 Å². The van der Waals surface area contributed by atoms with Crippen molar-refractivity contribution in [1.82, 2.24) is 4.98 Å². The summed E-state index contributed by atoms with van der Waals surface area (Å²) in [5, 5.41) is 0. The summed E-state index contributed by atoms with van der Waals surface area (Å²) in [6, 6.07) is 12.9. The van der Waals surface area contributed by atoms with Gasteiger partial charge in [-0.3, -0.25) is 0 Å². The summed E-state index contributed by atoms with van der Waals surface area (Å²) in [5.74, 6) is 1.14. The number of hydrogen-bond acceptors (Lipinski definition) is 3. The Kier molecular flexibility index (Phi) is 3.12. The van der Waals surface area contributed by atoms with Crippen LogP contribution >= 0.6 is 12.2 Å². The standard InChI is InChI=1S/C12H10N2OS/c13-11(16)10-7-4-8-14-12(10)15-9-5-2-1-3-6-9/h1-8H,(H2,13,16). The van der Waals surface area contributed by atoms with E-state index in [2.05, 4.69) is 4.98 Å². The molecule has 0 radical (unpaired) electrons. The highest BCUT2D eigenvalue weighted by atomic mass is 32.1. The van der Waals surface area contributed by atoms with E-state index < -0.39 is 0 Å². The van der Waals surface area contributed by atoms with Crippen molar-refractivity contribution >= 4 is 17.2 Å². The van der Waals surface area contributed by atoms with Gasteiger partial charge in [0.2, 0.25) is 5.88 Å². The van der Waals surface area contributed by atoms with Crippen LogP contribution in [0.15, 0.2) is 48.7 Å². The van der Waals surface area contributed by atoms with E-state index in [0.717, 1.165) is 0 Å². The van der Waals surface area contributed by atoms with E-state index in [1.165, 1.54) is 0 Å². The third-order valence-corrected chi connectivity index (χ3v) is 2.21. The molecule has 1 aromatic heterocycles. The molecule has 0 saturated carbocycles. The SMILES string of the molecule is NC(=S)c1cccnc1Oc1ccccc1. The Hall–Kier alpha value is -1.94. The molecule has 0 bridgehead atoms. The fraction of sp³-hybridized carbons (Fsp3) is 0. The predicted octanol–water partition coefficient (Wildman–Crippen LogP) is 2.51. The number of rotatable bonds is 3. The van der Waals surface area contributed by atoms with Gasteiger partial charge in [0.25, 0.3) is 0 Å². The Morgan fingerprint density at radius 1 is 1.12 bits per heavy atom. The van der Waals surface area contributed by atoms with E-state index in [1.807, 2.05) is 30.3 Å². The number of nitrogens with zero attached hydrogens (tertiary/aromatic N) is 1. The highest BCUT2D eigenvalue weighted by Gasteiger charge is 2.07. The molecule has 0 spiro atoms. The Labute approximate surface area is 98.9 Å². The Morgan fingerprint density at radius 2 is 1.88 bits per heavy atom. The van der Waals surface area contributed by atoms with Crippen molar-refractivity contribution in [2.24, 2.45) is 5.73 Å². The van der Waals surface area contributed by atoms with E-state index in [9.17, 15) is 0 Å². The molecule has 2 rings (SSSR count). The smallest absolute Gasteiger partial charge is 0.229 e. The lowest BCUT2D eigenvalue weighted by Crippen LogP contribution is -2.11. The molecule has 0 amide bonds. The van der Waals surface area contributed by atoms with Crippen molar-refractivity contribution in [1.29, 1.82) is 0 Å². The maximum atomic E-state index is 5.59. The predicted molar refractivity (Wildman–Crippen MR) is 66.6 cm³/mol. The monoisotopic (exact) mass is 230 g/mol. The van der Waals surface area contributed by atoms with Gasteiger partial charge >= 0.3 is 0 Å². The molecule has 1 heterocycles. The molecule has 0 aliphatic rings. The van der Waals surface area contributed by atoms with Gasteiger partial charge in [-0.25, -0.2) is 4.98 Å². The molecule has 2 aromatic rings. The normalized spacial score (nSPS) is 9.75. The van der Waals surface area contributed by atoms with Crippen molar-refractivity contribution in [3.8, 4) is 11.6 Å². The van der Waals surface area contributed by atoms with E-state index in [-0.39, 0.29) is 4.99 Å². The molecule has 16 heavy (non-hydrogen) atoms. The molecule has 0 atom stereocenters. The third kappa shape index (κ3) is 2.35. The molecule has 3 nitrogen and oxygen atoms in total. The van der Waals surface area contributed by atoms with Crippen LogP contribution < -0.4 is 10.5 Å². The van der Waals surface area contributed by atoms with Gasteiger partial charge in [-0.05, 0) is 24.3 Å². The molecule has 0 fully saturated rings. The third-order valence-electron chi connectivity index (χ3n) is 1.99. The summed E-state index contributed by atoms with van der Waals surface area (Å²) in [5.41, 5.74) is 6.22. The molecule has 0 aliphatic heterocycles. The first-order chi connectivity index (χ1) is 7.77. The van der Waals surface area contributed by atoms with E-state index in [1.54, 1.807) is 18.3 Å². The maximum absolute atomic E-state index is 5.59. The molecule has 1 aromatic carbocycles. The number of para-hydroxylation sites is 1. The average Bonchev–Trinajstić information content (AvgIpc) is 2.31. The van der Waals surface area contributed by atoms with Crippen molar-refractivity contribution in [2.45, 2.75) is 0 Å². The molecule has 2 N–H and O–H groups in total. The minimum atomic E-state index is 0.277. The number of pyridine rings is 1. The summed E-state index contributed by atoms with van der Waals surface area (Å²) >= 11 is 4.92. The van der Waals surface area contributed by atoms with E-state index in [0.29, 0.717) is 17.2 Å². The largest absolute Gasteiger partial charge is 0.438 e. The minimum absolute atomic E-state index is 0.277. The zero-order valence-electron chi connectivity index (χ0n) is 8.46. The van der Waals surface area contributed by atoms with Gasteiger partial charge < -0.3 is 10.5 Å². The van der Waals surface area contributed by atoms with Crippen LogP contribution in [0.4, 0.5) is 0 Å². The highest BCUT2D eigenvalue weighted by molar-refractivity contribution is 7.80. The van der Waals surface area contributed by atoms with Crippen molar-refractivity contribution < 1.29 is 4.74 Å². The van der Waals surface area contributed by atoms with Gasteiger partial charge in [-0.1, -0.05) is 30.4 Å². The number of benzene rings is 1. The number of nitrogens with two attached hydrogens (primary N) is 1. The molecule has 4 heteroatoms. The number of ether oxygens (including phenoxy) is 1. The summed E-state index contributed by atoms with van der Waals surface area (Å²) in [4.78, 5) is 4.38. The summed E-state index contributed by atoms with van der Waals surface area (Å²) in [6.07, 6.45) is 1.64. The van der Waals surface area contributed by atoms with Crippen molar-refractivity contribution in [3.63, 3.8) is 0 Å². The van der Waals surface area contributed by atoms with Crippen molar-refractivity contribution in [2.75, 3.05) is 0 Å². The zero-order chi connectivity index (χ0) is 11.4. The first-order valence-electron chi connectivity index (χ1n) is 4.75. The molecular weight excluding hydrogens is 220 g/mol. The topological polar surface area (TPSA) is 48.1 Å². The lowest BCUT2D eigenvalue weighted by molar-refractivity contribution is 0.462. The first-order valence-corrected chi connectivity index (χ1v) is 5.16. The van der Waals surface area contributed by atoms with Crippen LogP contribution in [0.1, 0.15) is 5.56 Å². The van der Waals surface area contributed by atoms with Crippen LogP contribution in [0.25, 0.3) is 0 Å². The van der Waals surface area contributed by atoms with Crippen LogP contribution in [0.5, 0.6) is 11.6 Å². The van der Waals surface area contributed by atoms with Crippen LogP contribution in [0.2, 0.25) is 0 Å². The highest BCUT2D eigenvalue weighted by Crippen LogP contribution is 2.22. The van der Waals surface area contributed by atoms with Crippen molar-refractivity contribution in [3.05, 3.63) is 54.2 Å². The average molecular weight is 230 g/mol. The summed E-state index contributed by atoms with van der Waals surface area (Å²) in [6.45, 7) is 0. The number of hydrogen-bond donors (Lipinski definition) is 1. The van der Waals surface area contributed by atoms with Gasteiger partial charge in [0.1, 0.15) is 10.7 Å². The molecule has 0 unspecified atom stereocenters. The number of aromatic nitrogens is 1. The lowest BCUT2D eigenvalue weighted by Gasteiger charge is -2.08. The second-order valence-corrected chi connectivity index (χ2v) is 3.58. The van der Waals surface area contributed by atoms with Gasteiger partial charge in [0.05, 0.1) is 5.56 Å². The fourth-order valence-electron chi connectivity index (χ4n) is 1.26. The van der Waals surface area contributed by atoms with Gasteiger partial charge in [0, 0.05) is 6.20 Å². The maximum Gasteiger partial charge on any atom is 0.229 e. The van der Waals surface area contributed by atoms with Crippen LogP contribution in [-0.2, 0) is 0 Å². The Morgan fingerprint density at radius 3 is 2.56 bits per heavy atom. The molecule has 0 saturated heterocycles. The number of thiocarbonyl (C=S) groups is 1. The van der Waals surface area contributed by atoms with E-state index >= 15 is 0 Å². The Balaban J connectivity index is 2.31. The molecular formula is C12H10N2OS. The lowest BCUT2D eigenvalue weighted by atomic mass is 10.2. The van der Waals surface area contributed by atoms with Gasteiger partial charge in [-0.15, -0.1) is 0 Å². The summed E-state index contributed by atoms with van der Waals surface area (Å²) in [7, 11) is 0. The fourth-order valence-corrected chi connectivity index (χ4v) is 1.42. The first kappa shape index (κ1) is 10.6. The van der Waals surface area contributed by atoms with Gasteiger partial charge in [-0.2, -0.15) is 0 Å². The quantitative estimate of drug-likeness (QED) is 0.823. The van der Waals surface area contributed by atoms with Crippen LogP contribution in [-0.4, -0.2) is 9.97 Å². The Bertz CT molecular complexity index is 499. The van der Waals surface area contributed by atoms with Crippen LogP contribution in [0, 0.1) is 0 Å². The second-order valence-electron chi connectivity index (χ2n) is 3.14. The summed E-state index contributed by atoms with van der Waals surface area (Å²) < 4.78 is 5.59. The van der Waals surface area contributed by atoms with E-state index in [4.69, 9.17) is 22.7 Å².